The second-order valence-electron chi connectivity index (χ2n) is 7.67. The molecule has 8 heteroatoms. The zero-order valence-electron chi connectivity index (χ0n) is 16.9. The second kappa shape index (κ2) is 9.35. The first-order valence-corrected chi connectivity index (χ1v) is 10.6. The van der Waals surface area contributed by atoms with Gasteiger partial charge in [0.1, 0.15) is 0 Å². The maximum absolute atomic E-state index is 12.5. The van der Waals surface area contributed by atoms with Crippen molar-refractivity contribution in [1.82, 2.24) is 15.8 Å². The second-order valence-corrected chi connectivity index (χ2v) is 8.07. The van der Waals surface area contributed by atoms with Crippen LogP contribution in [0.4, 0.5) is 5.69 Å². The molecule has 1 saturated heterocycles. The number of anilines is 1. The first-order valence-electron chi connectivity index (χ1n) is 10.2. The van der Waals surface area contributed by atoms with Crippen LogP contribution in [0.1, 0.15) is 50.2 Å². The van der Waals surface area contributed by atoms with Gasteiger partial charge in [-0.3, -0.25) is 30.1 Å². The summed E-state index contributed by atoms with van der Waals surface area (Å²) in [6.07, 6.45) is 4.43. The van der Waals surface area contributed by atoms with Gasteiger partial charge in [-0.2, -0.15) is 0 Å². The highest BCUT2D eigenvalue weighted by molar-refractivity contribution is 7.80. The number of nitrogens with zero attached hydrogens (tertiary/aromatic N) is 1. The fourth-order valence-electron chi connectivity index (χ4n) is 4.20. The summed E-state index contributed by atoms with van der Waals surface area (Å²) in [7, 11) is 0. The molecule has 1 aliphatic carbocycles. The van der Waals surface area contributed by atoms with Gasteiger partial charge in [-0.25, -0.2) is 0 Å². The van der Waals surface area contributed by atoms with Gasteiger partial charge in [0.25, 0.3) is 0 Å². The Morgan fingerprint density at radius 2 is 1.79 bits per heavy atom. The predicted molar refractivity (Wildman–Crippen MR) is 115 cm³/mol. The topological polar surface area (TPSA) is 90.5 Å². The number of hydrazine groups is 1. The molecular formula is C21H28N4O3S. The van der Waals surface area contributed by atoms with E-state index in [1.165, 1.54) is 4.90 Å². The number of aryl methyl sites for hydroxylation is 2. The highest BCUT2D eigenvalue weighted by Gasteiger charge is 2.47. The summed E-state index contributed by atoms with van der Waals surface area (Å²) >= 11 is 5.26. The van der Waals surface area contributed by atoms with Gasteiger partial charge < -0.3 is 5.32 Å². The summed E-state index contributed by atoms with van der Waals surface area (Å²) in [5.74, 6) is -0.939. The molecule has 2 fully saturated rings. The van der Waals surface area contributed by atoms with Crippen molar-refractivity contribution in [3.63, 3.8) is 0 Å². The van der Waals surface area contributed by atoms with Crippen LogP contribution in [0, 0.1) is 18.8 Å². The van der Waals surface area contributed by atoms with Crippen molar-refractivity contribution in [2.75, 3.05) is 11.9 Å². The molecule has 1 aromatic rings. The molecule has 0 radical (unpaired) electrons. The molecule has 3 amide bonds. The lowest BCUT2D eigenvalue weighted by Crippen LogP contribution is -2.45. The Bertz CT molecular complexity index is 802. The van der Waals surface area contributed by atoms with Crippen molar-refractivity contribution in [1.29, 1.82) is 0 Å². The summed E-state index contributed by atoms with van der Waals surface area (Å²) in [5, 5.41) is 3.40. The lowest BCUT2D eigenvalue weighted by Gasteiger charge is -2.19. The third-order valence-corrected chi connectivity index (χ3v) is 5.99. The molecule has 1 aliphatic heterocycles. The molecule has 0 bridgehead atoms. The van der Waals surface area contributed by atoms with Gasteiger partial charge in [-0.1, -0.05) is 38.0 Å². The molecular weight excluding hydrogens is 388 g/mol. The van der Waals surface area contributed by atoms with E-state index in [0.29, 0.717) is 0 Å². The number of carbonyl (C=O) groups excluding carboxylic acids is 3. The molecule has 156 valence electrons. The Labute approximate surface area is 176 Å². The van der Waals surface area contributed by atoms with Crippen LogP contribution in [0.3, 0.4) is 0 Å². The maximum atomic E-state index is 12.5. The van der Waals surface area contributed by atoms with Crippen molar-refractivity contribution in [2.24, 2.45) is 11.8 Å². The van der Waals surface area contributed by atoms with Crippen LogP contribution < -0.4 is 16.2 Å². The van der Waals surface area contributed by atoms with Gasteiger partial charge in [-0.15, -0.1) is 0 Å². The number of para-hydroxylation sites is 1. The molecule has 1 heterocycles. The molecule has 3 rings (SSSR count). The zero-order valence-corrected chi connectivity index (χ0v) is 17.7. The third kappa shape index (κ3) is 4.75. The Hall–Kier alpha value is -2.48. The van der Waals surface area contributed by atoms with E-state index in [1.54, 1.807) is 0 Å². The molecule has 1 aromatic carbocycles. The summed E-state index contributed by atoms with van der Waals surface area (Å²) < 4.78 is 0. The fraction of sp³-hybridized carbons (Fsp3) is 0.524. The van der Waals surface area contributed by atoms with Crippen molar-refractivity contribution < 1.29 is 14.4 Å². The smallest absolute Gasteiger partial charge is 0.240 e. The molecule has 2 atom stereocenters. The number of likely N-dealkylation sites (tertiary alicyclic amines) is 1. The van der Waals surface area contributed by atoms with E-state index in [0.717, 1.165) is 48.9 Å². The Balaban J connectivity index is 1.46. The van der Waals surface area contributed by atoms with Gasteiger partial charge in [0.15, 0.2) is 5.11 Å². The molecule has 2 aliphatic rings. The van der Waals surface area contributed by atoms with Gasteiger partial charge >= 0.3 is 0 Å². The van der Waals surface area contributed by atoms with E-state index < -0.39 is 0 Å². The number of fused-ring (bicyclic) bond motifs is 1. The van der Waals surface area contributed by atoms with E-state index >= 15 is 0 Å². The van der Waals surface area contributed by atoms with Crippen LogP contribution in [0.5, 0.6) is 0 Å². The first kappa shape index (κ1) is 21.2. The van der Waals surface area contributed by atoms with E-state index in [-0.39, 0.29) is 47.6 Å². The quantitative estimate of drug-likeness (QED) is 0.388. The monoisotopic (exact) mass is 416 g/mol. The molecule has 3 N–H and O–H groups in total. The van der Waals surface area contributed by atoms with E-state index in [1.807, 2.05) is 25.1 Å². The predicted octanol–water partition coefficient (Wildman–Crippen LogP) is 2.44. The van der Waals surface area contributed by atoms with E-state index in [2.05, 4.69) is 23.1 Å². The van der Waals surface area contributed by atoms with Crippen LogP contribution in [-0.4, -0.2) is 34.3 Å². The minimum Gasteiger partial charge on any atom is -0.331 e. The standard InChI is InChI=1S/C21H28N4O3S/c1-3-14-8-6-7-13(2)18(14)22-21(29)24-23-17(26)11-12-25-19(27)15-9-4-5-10-16(15)20(25)28/h6-8,15-16H,3-5,9-12H2,1-2H3,(H,23,26)(H2,22,24,29)/t15-,16-/m1/s1. The minimum absolute atomic E-state index is 0.0388. The molecule has 7 nitrogen and oxygen atoms in total. The number of hydrogen-bond donors (Lipinski definition) is 3. The van der Waals surface area contributed by atoms with E-state index in [4.69, 9.17) is 12.2 Å². The van der Waals surface area contributed by atoms with Crippen LogP contribution in [0.25, 0.3) is 0 Å². The average molecular weight is 417 g/mol. The fourth-order valence-corrected chi connectivity index (χ4v) is 4.35. The van der Waals surface area contributed by atoms with Crippen molar-refractivity contribution >= 4 is 40.7 Å². The molecule has 0 aromatic heterocycles. The number of nitrogens with one attached hydrogen (secondary N) is 3. The Morgan fingerprint density at radius 1 is 1.14 bits per heavy atom. The number of amides is 3. The largest absolute Gasteiger partial charge is 0.331 e. The molecule has 0 unspecified atom stereocenters. The van der Waals surface area contributed by atoms with Crippen LogP contribution in [0.2, 0.25) is 0 Å². The Kier molecular flexibility index (Phi) is 6.84. The van der Waals surface area contributed by atoms with Crippen molar-refractivity contribution in [3.05, 3.63) is 29.3 Å². The molecule has 29 heavy (non-hydrogen) atoms. The summed E-state index contributed by atoms with van der Waals surface area (Å²) in [4.78, 5) is 38.3. The molecule has 1 saturated carbocycles. The van der Waals surface area contributed by atoms with Crippen LogP contribution in [-0.2, 0) is 20.8 Å². The third-order valence-electron chi connectivity index (χ3n) is 5.79. The number of hydrogen-bond acceptors (Lipinski definition) is 4. The van der Waals surface area contributed by atoms with Gasteiger partial charge in [0, 0.05) is 18.7 Å². The average Bonchev–Trinajstić information content (AvgIpc) is 2.96. The minimum atomic E-state index is -0.329. The number of carbonyl (C=O) groups is 3. The van der Waals surface area contributed by atoms with Crippen molar-refractivity contribution in [3.8, 4) is 0 Å². The first-order chi connectivity index (χ1) is 13.9. The maximum Gasteiger partial charge on any atom is 0.240 e. The van der Waals surface area contributed by atoms with Crippen LogP contribution >= 0.6 is 12.2 Å². The number of benzene rings is 1. The van der Waals surface area contributed by atoms with Gasteiger partial charge in [0.2, 0.25) is 17.7 Å². The number of rotatable bonds is 5. The zero-order chi connectivity index (χ0) is 21.0. The van der Waals surface area contributed by atoms with Crippen LogP contribution in [0.15, 0.2) is 18.2 Å². The summed E-state index contributed by atoms with van der Waals surface area (Å²) in [6, 6.07) is 6.01. The SMILES string of the molecule is CCc1cccc(C)c1NC(=S)NNC(=O)CCN1C(=O)[C@@H]2CCCC[C@H]2C1=O. The lowest BCUT2D eigenvalue weighted by molar-refractivity contribution is -0.140. The summed E-state index contributed by atoms with van der Waals surface area (Å²) in [6.45, 7) is 4.16. The Morgan fingerprint density at radius 3 is 2.41 bits per heavy atom. The van der Waals surface area contributed by atoms with E-state index in [9.17, 15) is 14.4 Å². The number of imide groups is 1. The highest BCUT2D eigenvalue weighted by Crippen LogP contribution is 2.37. The summed E-state index contributed by atoms with van der Waals surface area (Å²) in [5.41, 5.74) is 8.35. The van der Waals surface area contributed by atoms with Gasteiger partial charge in [-0.05, 0) is 49.5 Å². The molecule has 0 spiro atoms. The lowest BCUT2D eigenvalue weighted by atomic mass is 9.81. The number of thiocarbonyl (C=S) groups is 1. The van der Waals surface area contributed by atoms with Crippen molar-refractivity contribution in [2.45, 2.75) is 52.4 Å². The highest BCUT2D eigenvalue weighted by atomic mass is 32.1. The van der Waals surface area contributed by atoms with Gasteiger partial charge in [0.05, 0.1) is 11.8 Å². The normalized spacial score (nSPS) is 21.0.